The van der Waals surface area contributed by atoms with Crippen molar-refractivity contribution in [2.45, 2.75) is 78.7 Å². The zero-order chi connectivity index (χ0) is 27.6. The molecule has 36 heavy (non-hydrogen) atoms. The predicted octanol–water partition coefficient (Wildman–Crippen LogP) is 8.84. The van der Waals surface area contributed by atoms with Crippen LogP contribution >= 0.6 is 18.7 Å². The minimum Gasteiger partial charge on any atom is -0.497 e. The summed E-state index contributed by atoms with van der Waals surface area (Å²) in [6, 6.07) is 7.52. The van der Waals surface area contributed by atoms with Crippen LogP contribution in [0.2, 0.25) is 0 Å². The van der Waals surface area contributed by atoms with Crippen LogP contribution in [0.1, 0.15) is 73.4 Å². The molecule has 1 atom stereocenters. The lowest BCUT2D eigenvalue weighted by Crippen LogP contribution is -2.27. The van der Waals surface area contributed by atoms with Crippen LogP contribution in [0.4, 0.5) is 4.79 Å². The van der Waals surface area contributed by atoms with Crippen LogP contribution in [0, 0.1) is 0 Å². The van der Waals surface area contributed by atoms with Gasteiger partial charge in [-0.15, -0.1) is 0 Å². The van der Waals surface area contributed by atoms with Crippen LogP contribution in [-0.2, 0) is 15.6 Å². The Labute approximate surface area is 222 Å². The molecule has 0 aliphatic heterocycles. The monoisotopic (exact) mass is 538 g/mol. The zero-order valence-corrected chi connectivity index (χ0v) is 25.2. The van der Waals surface area contributed by atoms with E-state index in [0.29, 0.717) is 34.1 Å². The molecule has 0 aliphatic carbocycles. The molecular weight excluding hydrogens is 499 g/mol. The molecule has 2 rings (SSSR count). The van der Waals surface area contributed by atoms with E-state index in [1.54, 1.807) is 35.0 Å². The summed E-state index contributed by atoms with van der Waals surface area (Å²) in [7, 11) is 1.94. The fourth-order valence-electron chi connectivity index (χ4n) is 3.64. The second-order valence-corrected chi connectivity index (χ2v) is 14.1. The zero-order valence-electron chi connectivity index (χ0n) is 23.6. The van der Waals surface area contributed by atoms with Gasteiger partial charge in [0, 0.05) is 28.9 Å². The molecule has 0 bridgehead atoms. The van der Waals surface area contributed by atoms with Crippen molar-refractivity contribution in [2.75, 3.05) is 20.9 Å². The number of halogens is 1. The Kier molecular flexibility index (Phi) is 9.24. The first kappa shape index (κ1) is 30.1. The molecule has 0 saturated heterocycles. The van der Waals surface area contributed by atoms with E-state index in [1.807, 2.05) is 51.7 Å². The average molecular weight is 539 g/mol. The predicted molar refractivity (Wildman–Crippen MR) is 149 cm³/mol. The first-order valence-corrected chi connectivity index (χ1v) is 14.4. The van der Waals surface area contributed by atoms with Crippen molar-refractivity contribution in [3.8, 4) is 34.1 Å². The molecule has 200 valence electrons. The highest BCUT2D eigenvalue weighted by Crippen LogP contribution is 2.52. The molecule has 0 spiro atoms. The maximum atomic E-state index is 12.9. The molecule has 1 unspecified atom stereocenters. The summed E-state index contributed by atoms with van der Waals surface area (Å²) in [5.41, 5.74) is 1.57. The van der Waals surface area contributed by atoms with E-state index >= 15 is 0 Å². The van der Waals surface area contributed by atoms with E-state index in [9.17, 15) is 4.79 Å². The van der Waals surface area contributed by atoms with Crippen LogP contribution in [0.25, 0.3) is 11.1 Å². The van der Waals surface area contributed by atoms with Crippen molar-refractivity contribution < 1.29 is 28.3 Å². The largest absolute Gasteiger partial charge is 0.514 e. The lowest BCUT2D eigenvalue weighted by molar-refractivity contribution is 0.0204. The second-order valence-electron chi connectivity index (χ2n) is 11.7. The van der Waals surface area contributed by atoms with Crippen molar-refractivity contribution in [2.24, 2.45) is 0 Å². The fourth-order valence-corrected chi connectivity index (χ4v) is 4.30. The van der Waals surface area contributed by atoms with Gasteiger partial charge in [-0.3, -0.25) is 0 Å². The molecule has 0 amide bonds. The number of hydrogen-bond donors (Lipinski definition) is 0. The van der Waals surface area contributed by atoms with E-state index < -0.39 is 24.7 Å². The Bertz CT molecular complexity index is 1090. The van der Waals surface area contributed by atoms with E-state index in [1.165, 1.54) is 0 Å². The number of methoxy groups -OCH3 is 2. The molecule has 0 fully saturated rings. The first-order valence-electron chi connectivity index (χ1n) is 11.8. The SMILES string of the molecule is COc1cc(-c2cc(OC)cc(C(C)(C)C)c2OP(C)Cl)c(OC(=O)OC(C)(C)C)c(C(C)(C)C)c1. The van der Waals surface area contributed by atoms with Gasteiger partial charge in [-0.25, -0.2) is 4.79 Å². The minimum absolute atomic E-state index is 0.293. The Morgan fingerprint density at radius 3 is 1.53 bits per heavy atom. The Morgan fingerprint density at radius 1 is 0.750 bits per heavy atom. The molecule has 0 heterocycles. The summed E-state index contributed by atoms with van der Waals surface area (Å²) in [4.78, 5) is 12.9. The van der Waals surface area contributed by atoms with Crippen molar-refractivity contribution in [3.05, 3.63) is 35.4 Å². The first-order chi connectivity index (χ1) is 16.4. The fraction of sp³-hybridized carbons (Fsp3) is 0.536. The second kappa shape index (κ2) is 11.1. The topological polar surface area (TPSA) is 63.2 Å². The maximum Gasteiger partial charge on any atom is 0.514 e. The van der Waals surface area contributed by atoms with Gasteiger partial charge in [-0.1, -0.05) is 52.8 Å². The van der Waals surface area contributed by atoms with E-state index in [0.717, 1.165) is 11.1 Å². The van der Waals surface area contributed by atoms with Crippen molar-refractivity contribution in [1.29, 1.82) is 0 Å². The van der Waals surface area contributed by atoms with Crippen molar-refractivity contribution >= 4 is 24.9 Å². The summed E-state index contributed by atoms with van der Waals surface area (Å²) in [6.45, 7) is 19.6. The van der Waals surface area contributed by atoms with Gasteiger partial charge < -0.3 is 23.5 Å². The molecule has 0 aromatic heterocycles. The summed E-state index contributed by atoms with van der Waals surface area (Å²) >= 11 is 6.41. The van der Waals surface area contributed by atoms with Crippen LogP contribution in [0.5, 0.6) is 23.0 Å². The smallest absolute Gasteiger partial charge is 0.497 e. The average Bonchev–Trinajstić information content (AvgIpc) is 2.70. The maximum absolute atomic E-state index is 12.9. The molecule has 0 radical (unpaired) electrons. The Morgan fingerprint density at radius 2 is 1.17 bits per heavy atom. The highest BCUT2D eigenvalue weighted by Gasteiger charge is 2.31. The summed E-state index contributed by atoms with van der Waals surface area (Å²) < 4.78 is 29.0. The van der Waals surface area contributed by atoms with Gasteiger partial charge in [0.05, 0.1) is 14.2 Å². The van der Waals surface area contributed by atoms with Gasteiger partial charge >= 0.3 is 6.16 Å². The number of benzene rings is 2. The quantitative estimate of drug-likeness (QED) is 0.208. The number of rotatable bonds is 6. The summed E-state index contributed by atoms with van der Waals surface area (Å²) in [6.07, 6.45) is -0.795. The number of ether oxygens (including phenoxy) is 4. The lowest BCUT2D eigenvalue weighted by Gasteiger charge is -2.29. The number of carbonyl (C=O) groups is 1. The molecule has 0 saturated carbocycles. The Balaban J connectivity index is 3.02. The van der Waals surface area contributed by atoms with Crippen molar-refractivity contribution in [1.82, 2.24) is 0 Å². The Hall–Kier alpha value is -2.17. The number of carbonyl (C=O) groups excluding carboxylic acids is 1. The summed E-state index contributed by atoms with van der Waals surface area (Å²) in [5, 5.41) is 0. The molecular formula is C28H40ClO6P. The molecule has 0 aliphatic rings. The molecule has 2 aromatic rings. The van der Waals surface area contributed by atoms with Crippen LogP contribution in [0.15, 0.2) is 24.3 Å². The minimum atomic E-state index is -1.28. The summed E-state index contributed by atoms with van der Waals surface area (Å²) in [5.74, 6) is 2.22. The van der Waals surface area contributed by atoms with E-state index in [2.05, 4.69) is 20.8 Å². The van der Waals surface area contributed by atoms with Crippen LogP contribution < -0.4 is 18.7 Å². The molecule has 6 nitrogen and oxygen atoms in total. The molecule has 0 N–H and O–H groups in total. The normalized spacial score (nSPS) is 13.1. The highest BCUT2D eigenvalue weighted by atomic mass is 35.7. The standard InChI is InChI=1S/C28H40ClO6P/c1-26(2,3)21-15-17(31-10)13-19(23(21)33-25(30)34-28(7,8)9)20-14-18(32-11)16-22(27(4,5)6)24(20)35-36(12)29/h13-16H,1-12H3. The molecule has 2 aromatic carbocycles. The van der Waals surface area contributed by atoms with E-state index in [-0.39, 0.29) is 5.41 Å². The van der Waals surface area contributed by atoms with Gasteiger partial charge in [0.2, 0.25) is 0 Å². The van der Waals surface area contributed by atoms with Crippen LogP contribution in [0.3, 0.4) is 0 Å². The third kappa shape index (κ3) is 7.66. The van der Waals surface area contributed by atoms with Gasteiger partial charge in [0.15, 0.2) is 7.50 Å². The van der Waals surface area contributed by atoms with Gasteiger partial charge in [-0.05, 0) is 55.9 Å². The third-order valence-corrected chi connectivity index (χ3v) is 5.94. The van der Waals surface area contributed by atoms with Gasteiger partial charge in [0.1, 0.15) is 28.6 Å². The van der Waals surface area contributed by atoms with E-state index in [4.69, 9.17) is 34.7 Å². The van der Waals surface area contributed by atoms with Gasteiger partial charge in [-0.2, -0.15) is 0 Å². The third-order valence-electron chi connectivity index (χ3n) is 5.29. The van der Waals surface area contributed by atoms with Gasteiger partial charge in [0.25, 0.3) is 0 Å². The molecule has 8 heteroatoms. The lowest BCUT2D eigenvalue weighted by atomic mass is 9.81. The highest BCUT2D eigenvalue weighted by molar-refractivity contribution is 7.79. The van der Waals surface area contributed by atoms with Crippen molar-refractivity contribution in [3.63, 3.8) is 0 Å². The number of hydrogen-bond acceptors (Lipinski definition) is 6. The van der Waals surface area contributed by atoms with Crippen LogP contribution in [-0.4, -0.2) is 32.6 Å².